The summed E-state index contributed by atoms with van der Waals surface area (Å²) in [5.74, 6) is 0.667. The van der Waals surface area contributed by atoms with Crippen molar-refractivity contribution in [2.75, 3.05) is 6.54 Å². The van der Waals surface area contributed by atoms with E-state index in [1.165, 1.54) is 18.4 Å². The highest BCUT2D eigenvalue weighted by Gasteiger charge is 2.18. The van der Waals surface area contributed by atoms with Gasteiger partial charge in [0.05, 0.1) is 0 Å². The lowest BCUT2D eigenvalue weighted by Crippen LogP contribution is -2.38. The van der Waals surface area contributed by atoms with E-state index in [9.17, 15) is 4.39 Å². The van der Waals surface area contributed by atoms with Gasteiger partial charge in [-0.25, -0.2) is 4.39 Å². The van der Waals surface area contributed by atoms with Crippen molar-refractivity contribution in [1.82, 2.24) is 5.32 Å². The second kappa shape index (κ2) is 4.75. The molecule has 0 bridgehead atoms. The van der Waals surface area contributed by atoms with Crippen molar-refractivity contribution in [2.24, 2.45) is 5.92 Å². The van der Waals surface area contributed by atoms with E-state index in [0.29, 0.717) is 6.04 Å². The van der Waals surface area contributed by atoms with Crippen molar-refractivity contribution in [1.29, 1.82) is 0 Å². The van der Waals surface area contributed by atoms with Gasteiger partial charge in [-0.3, -0.25) is 0 Å². The average Bonchev–Trinajstić information content (AvgIpc) is 2.22. The van der Waals surface area contributed by atoms with Gasteiger partial charge in [0.2, 0.25) is 0 Å². The minimum atomic E-state index is -0.149. The predicted octanol–water partition coefficient (Wildman–Crippen LogP) is 2.76. The first-order valence-corrected chi connectivity index (χ1v) is 5.72. The zero-order valence-electron chi connectivity index (χ0n) is 9.17. The standard InChI is InChI=1S/C13H18FN/c1-10-6-7-15-13(8-10)9-11-2-4-12(14)5-3-11/h2-5,10,13,15H,6-9H2,1H3. The first kappa shape index (κ1) is 10.6. The van der Waals surface area contributed by atoms with E-state index in [-0.39, 0.29) is 5.82 Å². The molecule has 2 heteroatoms. The fourth-order valence-corrected chi connectivity index (χ4v) is 2.28. The molecule has 0 amide bonds. The minimum Gasteiger partial charge on any atom is -0.314 e. The molecule has 1 nitrogen and oxygen atoms in total. The molecule has 0 aliphatic carbocycles. The Morgan fingerprint density at radius 2 is 2.07 bits per heavy atom. The van der Waals surface area contributed by atoms with Crippen LogP contribution in [0.2, 0.25) is 0 Å². The molecule has 1 heterocycles. The third-order valence-corrected chi connectivity index (χ3v) is 3.15. The van der Waals surface area contributed by atoms with E-state index in [1.54, 1.807) is 12.1 Å². The molecule has 1 saturated heterocycles. The molecule has 2 rings (SSSR count). The topological polar surface area (TPSA) is 12.0 Å². The number of piperidine rings is 1. The second-order valence-corrected chi connectivity index (χ2v) is 4.61. The Labute approximate surface area is 90.7 Å². The van der Waals surface area contributed by atoms with Gasteiger partial charge < -0.3 is 5.32 Å². The zero-order valence-corrected chi connectivity index (χ0v) is 9.17. The summed E-state index contributed by atoms with van der Waals surface area (Å²) in [6.45, 7) is 3.42. The molecule has 0 aromatic heterocycles. The summed E-state index contributed by atoms with van der Waals surface area (Å²) in [6, 6.07) is 7.43. The number of rotatable bonds is 2. The maximum atomic E-state index is 12.7. The Morgan fingerprint density at radius 1 is 1.33 bits per heavy atom. The lowest BCUT2D eigenvalue weighted by Gasteiger charge is -2.28. The van der Waals surface area contributed by atoms with E-state index in [2.05, 4.69) is 12.2 Å². The van der Waals surface area contributed by atoms with E-state index in [1.807, 2.05) is 12.1 Å². The van der Waals surface area contributed by atoms with Crippen LogP contribution >= 0.6 is 0 Å². The lowest BCUT2D eigenvalue weighted by molar-refractivity contribution is 0.318. The zero-order chi connectivity index (χ0) is 10.7. The summed E-state index contributed by atoms with van der Waals surface area (Å²) in [5.41, 5.74) is 1.23. The maximum Gasteiger partial charge on any atom is 0.123 e. The molecule has 1 aliphatic heterocycles. The van der Waals surface area contributed by atoms with Crippen molar-refractivity contribution in [3.63, 3.8) is 0 Å². The van der Waals surface area contributed by atoms with Gasteiger partial charge in [-0.05, 0) is 49.4 Å². The Hall–Kier alpha value is -0.890. The van der Waals surface area contributed by atoms with Gasteiger partial charge in [0, 0.05) is 6.04 Å². The maximum absolute atomic E-state index is 12.7. The number of halogens is 1. The predicted molar refractivity (Wildman–Crippen MR) is 60.3 cm³/mol. The summed E-state index contributed by atoms with van der Waals surface area (Å²) in [7, 11) is 0. The molecule has 1 aromatic rings. The molecule has 2 atom stereocenters. The number of hydrogen-bond donors (Lipinski definition) is 1. The van der Waals surface area contributed by atoms with Crippen LogP contribution < -0.4 is 5.32 Å². The number of nitrogens with one attached hydrogen (secondary N) is 1. The third kappa shape index (κ3) is 3.03. The fraction of sp³-hybridized carbons (Fsp3) is 0.538. The van der Waals surface area contributed by atoms with Crippen molar-refractivity contribution in [2.45, 2.75) is 32.2 Å². The van der Waals surface area contributed by atoms with E-state index < -0.39 is 0 Å². The van der Waals surface area contributed by atoms with Crippen LogP contribution in [0.15, 0.2) is 24.3 Å². The average molecular weight is 207 g/mol. The summed E-state index contributed by atoms with van der Waals surface area (Å²) >= 11 is 0. The molecule has 1 N–H and O–H groups in total. The van der Waals surface area contributed by atoms with E-state index >= 15 is 0 Å². The van der Waals surface area contributed by atoms with Crippen LogP contribution in [0.4, 0.5) is 4.39 Å². The van der Waals surface area contributed by atoms with Crippen LogP contribution in [0.25, 0.3) is 0 Å². The lowest BCUT2D eigenvalue weighted by atomic mass is 9.91. The summed E-state index contributed by atoms with van der Waals surface area (Å²) in [5, 5.41) is 3.52. The first-order chi connectivity index (χ1) is 7.24. The van der Waals surface area contributed by atoms with Gasteiger partial charge >= 0.3 is 0 Å². The van der Waals surface area contributed by atoms with Gasteiger partial charge in [-0.15, -0.1) is 0 Å². The highest BCUT2D eigenvalue weighted by atomic mass is 19.1. The van der Waals surface area contributed by atoms with Crippen LogP contribution in [0.1, 0.15) is 25.3 Å². The quantitative estimate of drug-likeness (QED) is 0.786. The molecule has 15 heavy (non-hydrogen) atoms. The fourth-order valence-electron chi connectivity index (χ4n) is 2.28. The molecule has 0 radical (unpaired) electrons. The molecule has 0 saturated carbocycles. The monoisotopic (exact) mass is 207 g/mol. The molecular weight excluding hydrogens is 189 g/mol. The highest BCUT2D eigenvalue weighted by molar-refractivity contribution is 5.17. The normalized spacial score (nSPS) is 26.5. The van der Waals surface area contributed by atoms with Gasteiger partial charge in [-0.1, -0.05) is 19.1 Å². The molecular formula is C13H18FN. The minimum absolute atomic E-state index is 0.149. The summed E-state index contributed by atoms with van der Waals surface area (Å²) in [6.07, 6.45) is 3.53. The molecule has 82 valence electrons. The van der Waals surface area contributed by atoms with Crippen LogP contribution in [0.5, 0.6) is 0 Å². The van der Waals surface area contributed by atoms with Crippen LogP contribution in [-0.4, -0.2) is 12.6 Å². The highest BCUT2D eigenvalue weighted by Crippen LogP contribution is 2.18. The summed E-state index contributed by atoms with van der Waals surface area (Å²) in [4.78, 5) is 0. The number of benzene rings is 1. The molecule has 0 spiro atoms. The van der Waals surface area contributed by atoms with Crippen molar-refractivity contribution < 1.29 is 4.39 Å². The van der Waals surface area contributed by atoms with Gasteiger partial charge in [0.15, 0.2) is 0 Å². The van der Waals surface area contributed by atoms with Crippen LogP contribution in [0.3, 0.4) is 0 Å². The van der Waals surface area contributed by atoms with Gasteiger partial charge in [0.1, 0.15) is 5.82 Å². The Morgan fingerprint density at radius 3 is 2.73 bits per heavy atom. The number of hydrogen-bond acceptors (Lipinski definition) is 1. The van der Waals surface area contributed by atoms with Crippen LogP contribution in [0, 0.1) is 11.7 Å². The Balaban J connectivity index is 1.93. The molecule has 1 aromatic carbocycles. The second-order valence-electron chi connectivity index (χ2n) is 4.61. The largest absolute Gasteiger partial charge is 0.314 e. The van der Waals surface area contributed by atoms with E-state index in [4.69, 9.17) is 0 Å². The Bertz CT molecular complexity index is 307. The Kier molecular flexibility index (Phi) is 3.37. The van der Waals surface area contributed by atoms with Crippen LogP contribution in [-0.2, 0) is 6.42 Å². The van der Waals surface area contributed by atoms with Gasteiger partial charge in [0.25, 0.3) is 0 Å². The molecule has 1 fully saturated rings. The molecule has 1 aliphatic rings. The van der Waals surface area contributed by atoms with E-state index in [0.717, 1.165) is 18.9 Å². The van der Waals surface area contributed by atoms with Crippen molar-refractivity contribution in [3.05, 3.63) is 35.6 Å². The first-order valence-electron chi connectivity index (χ1n) is 5.72. The summed E-state index contributed by atoms with van der Waals surface area (Å²) < 4.78 is 12.7. The van der Waals surface area contributed by atoms with Crippen molar-refractivity contribution in [3.8, 4) is 0 Å². The smallest absolute Gasteiger partial charge is 0.123 e. The molecule has 2 unspecified atom stereocenters. The third-order valence-electron chi connectivity index (χ3n) is 3.15. The SMILES string of the molecule is CC1CCNC(Cc2ccc(F)cc2)C1. The van der Waals surface area contributed by atoms with Gasteiger partial charge in [-0.2, -0.15) is 0 Å². The van der Waals surface area contributed by atoms with Crippen molar-refractivity contribution >= 4 is 0 Å².